The third-order valence-corrected chi connectivity index (χ3v) is 3.94. The van der Waals surface area contributed by atoms with Crippen LogP contribution in [0.2, 0.25) is 5.02 Å². The molecule has 0 unspecified atom stereocenters. The summed E-state index contributed by atoms with van der Waals surface area (Å²) in [5.74, 6) is -0.448. The molecular formula is C15H16ClN5O2. The molecule has 2 aromatic rings. The second-order valence-electron chi connectivity index (χ2n) is 5.31. The zero-order valence-electron chi connectivity index (χ0n) is 12.4. The third kappa shape index (κ3) is 3.94. The number of halogens is 1. The number of piperazine rings is 1. The SMILES string of the molecule is O=C(O)c1cnc(N2CCN(Cc3ccc(Cl)cn3)CC2)nc1. The molecule has 0 radical (unpaired) electrons. The molecule has 1 saturated heterocycles. The number of carbonyl (C=O) groups is 1. The van der Waals surface area contributed by atoms with Crippen molar-refractivity contribution < 1.29 is 9.90 Å². The van der Waals surface area contributed by atoms with Crippen molar-refractivity contribution in [3.8, 4) is 0 Å². The van der Waals surface area contributed by atoms with Gasteiger partial charge in [0.05, 0.1) is 16.3 Å². The van der Waals surface area contributed by atoms with Crippen LogP contribution in [0, 0.1) is 0 Å². The highest BCUT2D eigenvalue weighted by atomic mass is 35.5. The van der Waals surface area contributed by atoms with Crippen LogP contribution in [0.4, 0.5) is 5.95 Å². The summed E-state index contributed by atoms with van der Waals surface area (Å²) in [7, 11) is 0. The molecule has 1 fully saturated rings. The number of hydrogen-bond donors (Lipinski definition) is 1. The quantitative estimate of drug-likeness (QED) is 0.908. The fraction of sp³-hybridized carbons (Fsp3) is 0.333. The molecule has 0 atom stereocenters. The van der Waals surface area contributed by atoms with Gasteiger partial charge < -0.3 is 10.0 Å². The van der Waals surface area contributed by atoms with E-state index in [1.165, 1.54) is 12.4 Å². The van der Waals surface area contributed by atoms with Gasteiger partial charge in [-0.05, 0) is 12.1 Å². The maximum Gasteiger partial charge on any atom is 0.338 e. The Morgan fingerprint density at radius 1 is 1.09 bits per heavy atom. The molecule has 1 N–H and O–H groups in total. The van der Waals surface area contributed by atoms with E-state index in [4.69, 9.17) is 16.7 Å². The lowest BCUT2D eigenvalue weighted by atomic mass is 10.2. The smallest absolute Gasteiger partial charge is 0.338 e. The molecule has 23 heavy (non-hydrogen) atoms. The van der Waals surface area contributed by atoms with E-state index < -0.39 is 5.97 Å². The number of aromatic nitrogens is 3. The Hall–Kier alpha value is -2.25. The van der Waals surface area contributed by atoms with Gasteiger partial charge in [0.2, 0.25) is 5.95 Å². The molecule has 8 heteroatoms. The highest BCUT2D eigenvalue weighted by Crippen LogP contribution is 2.13. The summed E-state index contributed by atoms with van der Waals surface area (Å²) < 4.78 is 0. The molecule has 0 spiro atoms. The van der Waals surface area contributed by atoms with Crippen molar-refractivity contribution in [1.82, 2.24) is 19.9 Å². The predicted octanol–water partition coefficient (Wildman–Crippen LogP) is 1.55. The van der Waals surface area contributed by atoms with Gasteiger partial charge in [-0.2, -0.15) is 0 Å². The van der Waals surface area contributed by atoms with Crippen LogP contribution in [0.25, 0.3) is 0 Å². The van der Waals surface area contributed by atoms with E-state index in [0.717, 1.165) is 38.4 Å². The summed E-state index contributed by atoms with van der Waals surface area (Å²) in [6, 6.07) is 3.78. The molecule has 2 aromatic heterocycles. The van der Waals surface area contributed by atoms with E-state index in [2.05, 4.69) is 24.8 Å². The van der Waals surface area contributed by atoms with Crippen LogP contribution in [0.15, 0.2) is 30.7 Å². The lowest BCUT2D eigenvalue weighted by molar-refractivity contribution is 0.0696. The van der Waals surface area contributed by atoms with Gasteiger partial charge in [0, 0.05) is 51.3 Å². The molecule has 120 valence electrons. The fourth-order valence-electron chi connectivity index (χ4n) is 2.43. The Morgan fingerprint density at radius 3 is 2.35 bits per heavy atom. The normalized spacial score (nSPS) is 15.6. The van der Waals surface area contributed by atoms with Gasteiger partial charge in [0.15, 0.2) is 0 Å². The lowest BCUT2D eigenvalue weighted by Crippen LogP contribution is -2.46. The van der Waals surface area contributed by atoms with Gasteiger partial charge in [-0.3, -0.25) is 9.88 Å². The average molecular weight is 334 g/mol. The van der Waals surface area contributed by atoms with Crippen LogP contribution in [0.3, 0.4) is 0 Å². The zero-order valence-corrected chi connectivity index (χ0v) is 13.1. The second-order valence-corrected chi connectivity index (χ2v) is 5.74. The number of carboxylic acids is 1. The summed E-state index contributed by atoms with van der Waals surface area (Å²) in [5, 5.41) is 9.50. The first kappa shape index (κ1) is 15.6. The number of rotatable bonds is 4. The minimum Gasteiger partial charge on any atom is -0.478 e. The third-order valence-electron chi connectivity index (χ3n) is 3.71. The Balaban J connectivity index is 1.55. The van der Waals surface area contributed by atoms with Crippen molar-refractivity contribution in [3.63, 3.8) is 0 Å². The molecule has 1 aliphatic rings. The number of nitrogens with zero attached hydrogens (tertiary/aromatic N) is 5. The molecule has 3 rings (SSSR count). The molecular weight excluding hydrogens is 318 g/mol. The van der Waals surface area contributed by atoms with Crippen molar-refractivity contribution >= 4 is 23.5 Å². The molecule has 0 aliphatic carbocycles. The van der Waals surface area contributed by atoms with Crippen LogP contribution >= 0.6 is 11.6 Å². The van der Waals surface area contributed by atoms with Gasteiger partial charge in [-0.25, -0.2) is 14.8 Å². The fourth-order valence-corrected chi connectivity index (χ4v) is 2.54. The Kier molecular flexibility index (Phi) is 4.68. The van der Waals surface area contributed by atoms with E-state index in [-0.39, 0.29) is 5.56 Å². The van der Waals surface area contributed by atoms with E-state index in [1.807, 2.05) is 12.1 Å². The van der Waals surface area contributed by atoms with Gasteiger partial charge >= 0.3 is 5.97 Å². The van der Waals surface area contributed by atoms with Crippen LogP contribution in [-0.2, 0) is 6.54 Å². The van der Waals surface area contributed by atoms with Crippen LogP contribution in [0.5, 0.6) is 0 Å². The first-order chi connectivity index (χ1) is 11.1. The van der Waals surface area contributed by atoms with Gasteiger partial charge in [-0.15, -0.1) is 0 Å². The van der Waals surface area contributed by atoms with E-state index in [0.29, 0.717) is 11.0 Å². The van der Waals surface area contributed by atoms with Crippen molar-refractivity contribution in [2.24, 2.45) is 0 Å². The molecule has 0 bridgehead atoms. The Bertz CT molecular complexity index is 669. The van der Waals surface area contributed by atoms with E-state index in [9.17, 15) is 4.79 Å². The minimum atomic E-state index is -1.02. The predicted molar refractivity (Wildman–Crippen MR) is 85.7 cm³/mol. The Labute approximate surface area is 138 Å². The molecule has 3 heterocycles. The summed E-state index contributed by atoms with van der Waals surface area (Å²) in [6.45, 7) is 4.10. The summed E-state index contributed by atoms with van der Waals surface area (Å²) in [5.41, 5.74) is 1.09. The topological polar surface area (TPSA) is 82.5 Å². The Morgan fingerprint density at radius 2 is 1.78 bits per heavy atom. The van der Waals surface area contributed by atoms with Gasteiger partial charge in [-0.1, -0.05) is 11.6 Å². The van der Waals surface area contributed by atoms with Crippen LogP contribution in [-0.4, -0.2) is 57.1 Å². The van der Waals surface area contributed by atoms with Crippen molar-refractivity contribution in [2.75, 3.05) is 31.1 Å². The maximum absolute atomic E-state index is 10.8. The van der Waals surface area contributed by atoms with E-state index >= 15 is 0 Å². The monoisotopic (exact) mass is 333 g/mol. The number of hydrogen-bond acceptors (Lipinski definition) is 6. The molecule has 7 nitrogen and oxygen atoms in total. The van der Waals surface area contributed by atoms with Gasteiger partial charge in [0.25, 0.3) is 0 Å². The number of pyridine rings is 1. The van der Waals surface area contributed by atoms with Crippen molar-refractivity contribution in [2.45, 2.75) is 6.54 Å². The summed E-state index contributed by atoms with van der Waals surface area (Å²) in [4.78, 5) is 27.7. The molecule has 0 aromatic carbocycles. The van der Waals surface area contributed by atoms with Crippen LogP contribution < -0.4 is 4.90 Å². The maximum atomic E-state index is 10.8. The van der Waals surface area contributed by atoms with Crippen LogP contribution in [0.1, 0.15) is 16.1 Å². The average Bonchev–Trinajstić information content (AvgIpc) is 2.58. The second kappa shape index (κ2) is 6.89. The zero-order chi connectivity index (χ0) is 16.2. The first-order valence-electron chi connectivity index (χ1n) is 7.25. The number of anilines is 1. The van der Waals surface area contributed by atoms with Crippen molar-refractivity contribution in [1.29, 1.82) is 0 Å². The molecule has 1 aliphatic heterocycles. The number of carboxylic acid groups (broad SMARTS) is 1. The molecule has 0 amide bonds. The highest BCUT2D eigenvalue weighted by molar-refractivity contribution is 6.30. The van der Waals surface area contributed by atoms with Gasteiger partial charge in [0.1, 0.15) is 0 Å². The van der Waals surface area contributed by atoms with Crippen molar-refractivity contribution in [3.05, 3.63) is 47.0 Å². The first-order valence-corrected chi connectivity index (χ1v) is 7.63. The van der Waals surface area contributed by atoms with E-state index in [1.54, 1.807) is 6.20 Å². The highest BCUT2D eigenvalue weighted by Gasteiger charge is 2.19. The lowest BCUT2D eigenvalue weighted by Gasteiger charge is -2.34. The standard InChI is InChI=1S/C15H16ClN5O2/c16-12-1-2-13(17-9-12)10-20-3-5-21(6-4-20)15-18-7-11(8-19-15)14(22)23/h1-2,7-9H,3-6,10H2,(H,22,23). The summed E-state index contributed by atoms with van der Waals surface area (Å²) in [6.07, 6.45) is 4.34. The summed E-state index contributed by atoms with van der Waals surface area (Å²) >= 11 is 5.84. The number of aromatic carboxylic acids is 1. The largest absolute Gasteiger partial charge is 0.478 e. The minimum absolute atomic E-state index is 0.0983. The molecule has 0 saturated carbocycles.